The zero-order valence-corrected chi connectivity index (χ0v) is 10.1. The Balaban J connectivity index is 2.27. The van der Waals surface area contributed by atoms with E-state index in [0.717, 1.165) is 6.26 Å². The van der Waals surface area contributed by atoms with E-state index < -0.39 is 9.84 Å². The van der Waals surface area contributed by atoms with Crippen LogP contribution in [0.5, 0.6) is 0 Å². The standard InChI is InChI=1S/C9H16N4O2S/c1-5(6-3-4-6)11-9-7(16(2,14)15)8(10)12-13-9/h5-6H,3-4H2,1-2H3,(H4,10,11,12,13). The number of aromatic amines is 1. The van der Waals surface area contributed by atoms with Crippen molar-refractivity contribution in [1.82, 2.24) is 10.2 Å². The zero-order chi connectivity index (χ0) is 11.9. The number of hydrogen-bond acceptors (Lipinski definition) is 5. The van der Waals surface area contributed by atoms with E-state index in [0.29, 0.717) is 11.7 Å². The summed E-state index contributed by atoms with van der Waals surface area (Å²) < 4.78 is 23.0. The maximum absolute atomic E-state index is 11.5. The molecule has 1 aromatic heterocycles. The molecule has 0 saturated heterocycles. The minimum atomic E-state index is -3.35. The fraction of sp³-hybridized carbons (Fsp3) is 0.667. The van der Waals surface area contributed by atoms with Gasteiger partial charge in [-0.1, -0.05) is 0 Å². The number of sulfone groups is 1. The number of aromatic nitrogens is 2. The van der Waals surface area contributed by atoms with Crippen LogP contribution < -0.4 is 11.1 Å². The molecule has 6 nitrogen and oxygen atoms in total. The van der Waals surface area contributed by atoms with Gasteiger partial charge in [-0.25, -0.2) is 8.42 Å². The molecule has 4 N–H and O–H groups in total. The lowest BCUT2D eigenvalue weighted by atomic mass is 10.2. The number of H-pyrrole nitrogens is 1. The molecule has 0 aliphatic heterocycles. The molecule has 1 aliphatic carbocycles. The van der Waals surface area contributed by atoms with Crippen molar-refractivity contribution in [2.24, 2.45) is 5.92 Å². The number of anilines is 2. The molecule has 1 fully saturated rings. The summed E-state index contributed by atoms with van der Waals surface area (Å²) in [5.41, 5.74) is 5.56. The Kier molecular flexibility index (Phi) is 2.57. The third kappa shape index (κ3) is 2.13. The molecule has 0 amide bonds. The maximum Gasteiger partial charge on any atom is 0.182 e. The molecule has 1 saturated carbocycles. The van der Waals surface area contributed by atoms with E-state index >= 15 is 0 Å². The van der Waals surface area contributed by atoms with Crippen LogP contribution in [0.3, 0.4) is 0 Å². The first-order valence-corrected chi connectivity index (χ1v) is 7.09. The second-order valence-corrected chi connectivity index (χ2v) is 6.31. The van der Waals surface area contributed by atoms with Crippen molar-refractivity contribution in [3.05, 3.63) is 0 Å². The van der Waals surface area contributed by atoms with E-state index in [2.05, 4.69) is 15.5 Å². The highest BCUT2D eigenvalue weighted by Gasteiger charge is 2.30. The number of nitrogen functional groups attached to an aromatic ring is 1. The normalized spacial score (nSPS) is 18.4. The van der Waals surface area contributed by atoms with E-state index in [1.807, 2.05) is 6.92 Å². The smallest absolute Gasteiger partial charge is 0.182 e. The van der Waals surface area contributed by atoms with Gasteiger partial charge in [0.25, 0.3) is 0 Å². The lowest BCUT2D eigenvalue weighted by Gasteiger charge is -2.12. The van der Waals surface area contributed by atoms with E-state index in [1.54, 1.807) is 0 Å². The SMILES string of the molecule is CC(Nc1n[nH]c(N)c1S(C)(=O)=O)C1CC1. The van der Waals surface area contributed by atoms with Gasteiger partial charge in [0.15, 0.2) is 20.6 Å². The minimum Gasteiger partial charge on any atom is -0.383 e. The third-order valence-corrected chi connectivity index (χ3v) is 3.97. The minimum absolute atomic E-state index is 0.0694. The predicted molar refractivity (Wildman–Crippen MR) is 61.9 cm³/mol. The molecule has 7 heteroatoms. The fourth-order valence-corrected chi connectivity index (χ4v) is 2.65. The summed E-state index contributed by atoms with van der Waals surface area (Å²) >= 11 is 0. The van der Waals surface area contributed by atoms with Crippen LogP contribution in [0, 0.1) is 5.92 Å². The molecule has 90 valence electrons. The lowest BCUT2D eigenvalue weighted by molar-refractivity contribution is 0.602. The second kappa shape index (κ2) is 3.65. The van der Waals surface area contributed by atoms with Crippen LogP contribution in [0.1, 0.15) is 19.8 Å². The molecule has 0 spiro atoms. The molecule has 1 atom stereocenters. The van der Waals surface area contributed by atoms with Crippen LogP contribution in [-0.2, 0) is 9.84 Å². The van der Waals surface area contributed by atoms with E-state index in [4.69, 9.17) is 5.73 Å². The van der Waals surface area contributed by atoms with Gasteiger partial charge in [0.1, 0.15) is 5.82 Å². The molecule has 0 aromatic carbocycles. The van der Waals surface area contributed by atoms with Crippen LogP contribution >= 0.6 is 0 Å². The Labute approximate surface area is 94.5 Å². The van der Waals surface area contributed by atoms with Crippen LogP contribution in [0.25, 0.3) is 0 Å². The summed E-state index contributed by atoms with van der Waals surface area (Å²) in [4.78, 5) is 0.0694. The molecule has 1 heterocycles. The average Bonchev–Trinajstić information content (AvgIpc) is 2.90. The Morgan fingerprint density at radius 3 is 2.69 bits per heavy atom. The van der Waals surface area contributed by atoms with Gasteiger partial charge < -0.3 is 11.1 Å². The number of nitrogens with two attached hydrogens (primary N) is 1. The first kappa shape index (κ1) is 11.3. The number of nitrogens with zero attached hydrogens (tertiary/aromatic N) is 1. The van der Waals surface area contributed by atoms with Gasteiger partial charge in [-0.15, -0.1) is 0 Å². The fourth-order valence-electron chi connectivity index (χ4n) is 1.75. The van der Waals surface area contributed by atoms with Gasteiger partial charge in [0, 0.05) is 12.3 Å². The number of rotatable bonds is 4. The topological polar surface area (TPSA) is 101 Å². The molecule has 2 rings (SSSR count). The third-order valence-electron chi connectivity index (χ3n) is 2.81. The molecule has 0 bridgehead atoms. The molecule has 1 aromatic rings. The second-order valence-electron chi connectivity index (χ2n) is 4.36. The lowest BCUT2D eigenvalue weighted by Crippen LogP contribution is -2.19. The van der Waals surface area contributed by atoms with Crippen molar-refractivity contribution >= 4 is 21.5 Å². The molecule has 1 unspecified atom stereocenters. The zero-order valence-electron chi connectivity index (χ0n) is 9.32. The van der Waals surface area contributed by atoms with E-state index in [9.17, 15) is 8.42 Å². The Morgan fingerprint density at radius 2 is 2.19 bits per heavy atom. The van der Waals surface area contributed by atoms with E-state index in [1.165, 1.54) is 12.8 Å². The van der Waals surface area contributed by atoms with Crippen LogP contribution in [-0.4, -0.2) is 30.9 Å². The van der Waals surface area contributed by atoms with Gasteiger partial charge in [0.05, 0.1) is 0 Å². The van der Waals surface area contributed by atoms with Crippen LogP contribution in [0.15, 0.2) is 4.90 Å². The van der Waals surface area contributed by atoms with Crippen molar-refractivity contribution in [2.75, 3.05) is 17.3 Å². The average molecular weight is 244 g/mol. The van der Waals surface area contributed by atoms with Gasteiger partial charge in [-0.05, 0) is 25.7 Å². The number of nitrogens with one attached hydrogen (secondary N) is 2. The summed E-state index contributed by atoms with van der Waals surface area (Å²) in [5, 5.41) is 9.48. The molecule has 1 aliphatic rings. The first-order valence-electron chi connectivity index (χ1n) is 5.20. The van der Waals surface area contributed by atoms with Crippen molar-refractivity contribution in [1.29, 1.82) is 0 Å². The van der Waals surface area contributed by atoms with Gasteiger partial charge in [0.2, 0.25) is 0 Å². The van der Waals surface area contributed by atoms with Crippen LogP contribution in [0.4, 0.5) is 11.6 Å². The van der Waals surface area contributed by atoms with Crippen molar-refractivity contribution in [2.45, 2.75) is 30.7 Å². The summed E-state index contributed by atoms with van der Waals surface area (Å²) in [6, 6.07) is 0.225. The van der Waals surface area contributed by atoms with Crippen molar-refractivity contribution in [3.63, 3.8) is 0 Å². The quantitative estimate of drug-likeness (QED) is 0.720. The number of hydrogen-bond donors (Lipinski definition) is 3. The van der Waals surface area contributed by atoms with Crippen molar-refractivity contribution in [3.8, 4) is 0 Å². The van der Waals surface area contributed by atoms with Crippen LogP contribution in [0.2, 0.25) is 0 Å². The highest BCUT2D eigenvalue weighted by molar-refractivity contribution is 7.91. The molecular weight excluding hydrogens is 228 g/mol. The summed E-state index contributed by atoms with van der Waals surface area (Å²) in [6.07, 6.45) is 3.49. The highest BCUT2D eigenvalue weighted by atomic mass is 32.2. The predicted octanol–water partition coefficient (Wildman–Crippen LogP) is 0.606. The maximum atomic E-state index is 11.5. The molecular formula is C9H16N4O2S. The van der Waals surface area contributed by atoms with Gasteiger partial charge >= 0.3 is 0 Å². The summed E-state index contributed by atoms with van der Waals surface area (Å²) in [5.74, 6) is 1.04. The van der Waals surface area contributed by atoms with Gasteiger partial charge in [-0.2, -0.15) is 5.10 Å². The Hall–Kier alpha value is -1.24. The van der Waals surface area contributed by atoms with Gasteiger partial charge in [-0.3, -0.25) is 5.10 Å². The highest BCUT2D eigenvalue weighted by Crippen LogP contribution is 2.35. The molecule has 0 radical (unpaired) electrons. The molecule has 16 heavy (non-hydrogen) atoms. The summed E-state index contributed by atoms with van der Waals surface area (Å²) in [6.45, 7) is 2.02. The summed E-state index contributed by atoms with van der Waals surface area (Å²) in [7, 11) is -3.35. The largest absolute Gasteiger partial charge is 0.383 e. The van der Waals surface area contributed by atoms with Crippen molar-refractivity contribution < 1.29 is 8.42 Å². The Bertz CT molecular complexity index is 490. The first-order chi connectivity index (χ1) is 7.39. The monoisotopic (exact) mass is 244 g/mol. The Morgan fingerprint density at radius 1 is 1.56 bits per heavy atom. The van der Waals surface area contributed by atoms with E-state index in [-0.39, 0.29) is 16.8 Å².